The zero-order valence-electron chi connectivity index (χ0n) is 11.1. The molecule has 1 aliphatic heterocycles. The molecule has 0 saturated carbocycles. The Morgan fingerprint density at radius 1 is 1.05 bits per heavy atom. The highest BCUT2D eigenvalue weighted by Crippen LogP contribution is 2.36. The zero-order valence-corrected chi connectivity index (χ0v) is 12.7. The van der Waals surface area contributed by atoms with Crippen LogP contribution in [0.25, 0.3) is 0 Å². The van der Waals surface area contributed by atoms with Crippen LogP contribution in [0.3, 0.4) is 0 Å². The van der Waals surface area contributed by atoms with Crippen LogP contribution >= 0.6 is 15.9 Å². The van der Waals surface area contributed by atoms with E-state index in [1.165, 1.54) is 0 Å². The average molecular weight is 335 g/mol. The van der Waals surface area contributed by atoms with E-state index in [0.29, 0.717) is 19.0 Å². The van der Waals surface area contributed by atoms with E-state index in [1.807, 2.05) is 43.3 Å². The maximum Gasteiger partial charge on any atom is 0.161 e. The minimum absolute atomic E-state index is 0.542. The summed E-state index contributed by atoms with van der Waals surface area (Å²) in [6.45, 7) is 3.12. The monoisotopic (exact) mass is 334 g/mol. The Morgan fingerprint density at radius 2 is 1.80 bits per heavy atom. The molecular weight excluding hydrogens is 320 g/mol. The molecule has 3 nitrogen and oxygen atoms in total. The van der Waals surface area contributed by atoms with Crippen molar-refractivity contribution in [2.24, 2.45) is 0 Å². The Balaban J connectivity index is 1.97. The van der Waals surface area contributed by atoms with Crippen LogP contribution in [0, 0.1) is 6.92 Å². The number of aliphatic hydroxyl groups is 1. The maximum atomic E-state index is 10.6. The molecule has 0 aromatic heterocycles. The van der Waals surface area contributed by atoms with Crippen LogP contribution in [0.15, 0.2) is 40.9 Å². The van der Waals surface area contributed by atoms with E-state index in [9.17, 15) is 5.11 Å². The summed E-state index contributed by atoms with van der Waals surface area (Å²) in [5, 5.41) is 10.6. The number of hydrogen-bond donors (Lipinski definition) is 1. The van der Waals surface area contributed by atoms with Gasteiger partial charge in [0.25, 0.3) is 0 Å². The van der Waals surface area contributed by atoms with Crippen molar-refractivity contribution in [2.75, 3.05) is 13.2 Å². The van der Waals surface area contributed by atoms with Gasteiger partial charge in [0, 0.05) is 4.47 Å². The molecule has 1 N–H and O–H groups in total. The standard InChI is InChI=1S/C16H15BrO3/c1-10-2-4-13(17)12(8-10)16(18)11-3-5-14-15(9-11)20-7-6-19-14/h2-5,8-9,16,18H,6-7H2,1H3. The minimum atomic E-state index is -0.694. The average Bonchev–Trinajstić information content (AvgIpc) is 2.48. The summed E-state index contributed by atoms with van der Waals surface area (Å²) >= 11 is 3.49. The molecule has 1 atom stereocenters. The molecule has 0 bridgehead atoms. The molecule has 0 amide bonds. The third-order valence-electron chi connectivity index (χ3n) is 3.33. The first-order chi connectivity index (χ1) is 9.65. The topological polar surface area (TPSA) is 38.7 Å². The molecule has 0 spiro atoms. The molecule has 2 aromatic carbocycles. The molecule has 1 unspecified atom stereocenters. The Labute approximate surface area is 126 Å². The molecule has 20 heavy (non-hydrogen) atoms. The molecule has 0 saturated heterocycles. The van der Waals surface area contributed by atoms with Crippen molar-refractivity contribution in [1.82, 2.24) is 0 Å². The van der Waals surface area contributed by atoms with Gasteiger partial charge in [-0.1, -0.05) is 39.7 Å². The van der Waals surface area contributed by atoms with Crippen LogP contribution in [0.4, 0.5) is 0 Å². The van der Waals surface area contributed by atoms with E-state index in [1.54, 1.807) is 0 Å². The van der Waals surface area contributed by atoms with Gasteiger partial charge in [-0.3, -0.25) is 0 Å². The maximum absolute atomic E-state index is 10.6. The fourth-order valence-electron chi connectivity index (χ4n) is 2.28. The highest BCUT2D eigenvalue weighted by molar-refractivity contribution is 9.10. The summed E-state index contributed by atoms with van der Waals surface area (Å²) in [6, 6.07) is 11.5. The van der Waals surface area contributed by atoms with Crippen LogP contribution < -0.4 is 9.47 Å². The number of halogens is 1. The molecule has 1 aliphatic rings. The van der Waals surface area contributed by atoms with Crippen molar-refractivity contribution in [3.63, 3.8) is 0 Å². The first kappa shape index (κ1) is 13.5. The SMILES string of the molecule is Cc1ccc(Br)c(C(O)c2ccc3c(c2)OCCO3)c1. The summed E-state index contributed by atoms with van der Waals surface area (Å²) in [4.78, 5) is 0. The quantitative estimate of drug-likeness (QED) is 0.911. The lowest BCUT2D eigenvalue weighted by molar-refractivity contribution is 0.169. The highest BCUT2D eigenvalue weighted by Gasteiger charge is 2.18. The van der Waals surface area contributed by atoms with Crippen LogP contribution in [-0.2, 0) is 0 Å². The fourth-order valence-corrected chi connectivity index (χ4v) is 2.75. The summed E-state index contributed by atoms with van der Waals surface area (Å²) in [7, 11) is 0. The zero-order chi connectivity index (χ0) is 14.1. The van der Waals surface area contributed by atoms with Gasteiger partial charge in [0.2, 0.25) is 0 Å². The van der Waals surface area contributed by atoms with Crippen LogP contribution in [0.5, 0.6) is 11.5 Å². The lowest BCUT2D eigenvalue weighted by atomic mass is 9.99. The Kier molecular flexibility index (Phi) is 3.68. The number of hydrogen-bond acceptors (Lipinski definition) is 3. The number of aryl methyl sites for hydroxylation is 1. The van der Waals surface area contributed by atoms with Crippen LogP contribution in [0.1, 0.15) is 22.8 Å². The van der Waals surface area contributed by atoms with Crippen molar-refractivity contribution in [3.05, 3.63) is 57.6 Å². The molecule has 2 aromatic rings. The molecule has 4 heteroatoms. The van der Waals surface area contributed by atoms with Crippen LogP contribution in [0.2, 0.25) is 0 Å². The second-order valence-electron chi connectivity index (χ2n) is 4.83. The molecular formula is C16H15BrO3. The lowest BCUT2D eigenvalue weighted by Gasteiger charge is -2.21. The normalized spacial score (nSPS) is 14.9. The molecule has 0 fully saturated rings. The summed E-state index contributed by atoms with van der Waals surface area (Å²) in [5.41, 5.74) is 2.75. The van der Waals surface area contributed by atoms with Crippen molar-refractivity contribution in [3.8, 4) is 11.5 Å². The van der Waals surface area contributed by atoms with Gasteiger partial charge in [-0.25, -0.2) is 0 Å². The highest BCUT2D eigenvalue weighted by atomic mass is 79.9. The van der Waals surface area contributed by atoms with Gasteiger partial charge in [-0.05, 0) is 36.2 Å². The lowest BCUT2D eigenvalue weighted by Crippen LogP contribution is -2.15. The second-order valence-corrected chi connectivity index (χ2v) is 5.68. The fraction of sp³-hybridized carbons (Fsp3) is 0.250. The molecule has 3 rings (SSSR count). The van der Waals surface area contributed by atoms with E-state index < -0.39 is 6.10 Å². The van der Waals surface area contributed by atoms with E-state index in [0.717, 1.165) is 26.9 Å². The van der Waals surface area contributed by atoms with Crippen molar-refractivity contribution in [1.29, 1.82) is 0 Å². The summed E-state index contributed by atoms with van der Waals surface area (Å²) in [5.74, 6) is 1.42. The van der Waals surface area contributed by atoms with Crippen LogP contribution in [-0.4, -0.2) is 18.3 Å². The number of aliphatic hydroxyl groups excluding tert-OH is 1. The largest absolute Gasteiger partial charge is 0.486 e. The molecule has 0 aliphatic carbocycles. The first-order valence-electron chi connectivity index (χ1n) is 6.49. The van der Waals surface area contributed by atoms with E-state index in [4.69, 9.17) is 9.47 Å². The van der Waals surface area contributed by atoms with Gasteiger partial charge in [-0.2, -0.15) is 0 Å². The van der Waals surface area contributed by atoms with E-state index in [2.05, 4.69) is 15.9 Å². The number of benzene rings is 2. The number of ether oxygens (including phenoxy) is 2. The first-order valence-corrected chi connectivity index (χ1v) is 7.28. The van der Waals surface area contributed by atoms with Gasteiger partial charge < -0.3 is 14.6 Å². The van der Waals surface area contributed by atoms with Gasteiger partial charge >= 0.3 is 0 Å². The smallest absolute Gasteiger partial charge is 0.161 e. The third kappa shape index (κ3) is 2.53. The minimum Gasteiger partial charge on any atom is -0.486 e. The van der Waals surface area contributed by atoms with Gasteiger partial charge in [0.05, 0.1) is 0 Å². The predicted octanol–water partition coefficient (Wildman–Crippen LogP) is 3.61. The Morgan fingerprint density at radius 3 is 2.60 bits per heavy atom. The van der Waals surface area contributed by atoms with Crippen molar-refractivity contribution >= 4 is 15.9 Å². The predicted molar refractivity (Wildman–Crippen MR) is 80.4 cm³/mol. The number of rotatable bonds is 2. The van der Waals surface area contributed by atoms with Crippen molar-refractivity contribution in [2.45, 2.75) is 13.0 Å². The van der Waals surface area contributed by atoms with Gasteiger partial charge in [0.1, 0.15) is 19.3 Å². The Bertz CT molecular complexity index is 640. The molecule has 1 heterocycles. The second kappa shape index (κ2) is 5.46. The summed E-state index contributed by atoms with van der Waals surface area (Å²) < 4.78 is 11.9. The molecule has 104 valence electrons. The third-order valence-corrected chi connectivity index (χ3v) is 4.05. The van der Waals surface area contributed by atoms with Gasteiger partial charge in [0.15, 0.2) is 11.5 Å². The number of fused-ring (bicyclic) bond motifs is 1. The van der Waals surface area contributed by atoms with Crippen molar-refractivity contribution < 1.29 is 14.6 Å². The van der Waals surface area contributed by atoms with E-state index >= 15 is 0 Å². The summed E-state index contributed by atoms with van der Waals surface area (Å²) in [6.07, 6.45) is -0.694. The molecule has 0 radical (unpaired) electrons. The van der Waals surface area contributed by atoms with Gasteiger partial charge in [-0.15, -0.1) is 0 Å². The van der Waals surface area contributed by atoms with E-state index in [-0.39, 0.29) is 0 Å². The Hall–Kier alpha value is -1.52.